The zero-order valence-electron chi connectivity index (χ0n) is 41.9. The molecule has 12 atom stereocenters. The fraction of sp³-hybridized carbons (Fsp3) is 0.424. The molecule has 16 rings (SSSR count). The summed E-state index contributed by atoms with van der Waals surface area (Å²) in [4.78, 5) is 75.3. The molecule has 10 aliphatic rings. The Morgan fingerprint density at radius 2 is 1.11 bits per heavy atom. The molecule has 2 saturated carbocycles. The SMILES string of the molecule is CC[C@@H]1C2CCC[C@H]3C[C@@H](c4nc5ccc(-c6cc7ccc6C=Cc6ccc(c(-c8ccc9nc([C@@H]%10C[C@@H]%11CCCC%12[C@@H](CO)[C@H](NC(=O)OC)C(=O)N%10[C@@H]%12%11)[nH]c9c8)c6)C=C7)cc5[nH]4)N(C(=O)[C@H]1NC(=O)OC)[C@@H]23. The molecule has 4 amide bonds. The molecular weight excluding hydrogens is 933 g/mol. The van der Waals surface area contributed by atoms with Crippen molar-refractivity contribution >= 4 is 70.4 Å². The van der Waals surface area contributed by atoms with E-state index in [0.717, 1.165) is 136 Å². The van der Waals surface area contributed by atoms with Crippen molar-refractivity contribution in [1.29, 1.82) is 0 Å². The summed E-state index contributed by atoms with van der Waals surface area (Å²) in [5, 5.41) is 16.2. The number of hydrogen-bond acceptors (Lipinski definition) is 9. The standard InChI is InChI=1S/C59H62N8O7/c1-4-38-39-9-5-7-36-27-48(66(52(36)39)56(69)50(38)64-58(71)73-2)54-60-44-21-19-34(25-46(44)62-54)41-23-30-11-15-32(41)16-12-31-14-18-33(17-13-30)42(24-31)35-20-22-45-47(26-35)63-55(61-45)49-28-37-8-6-10-40-43(29-68)51(65-59(72)74-3)57(70)67(49)53(37)40/h11-26,36-40,43,48-53,68H,4-10,27-29H2,1-3H3,(H,60,62)(H,61,63)(H,64,71)(H,65,72)/t36-,37-,38+,39?,40?,43+,48-,49-,50-,51-,52+,53+/m0/s1. The summed E-state index contributed by atoms with van der Waals surface area (Å²) in [6.45, 7) is 1.94. The highest BCUT2D eigenvalue weighted by atomic mass is 16.5. The van der Waals surface area contributed by atoms with Crippen LogP contribution in [0, 0.1) is 35.5 Å². The van der Waals surface area contributed by atoms with Gasteiger partial charge in [-0.25, -0.2) is 19.6 Å². The number of aliphatic hydroxyl groups excluding tert-OH is 1. The Morgan fingerprint density at radius 3 is 1.57 bits per heavy atom. The van der Waals surface area contributed by atoms with Gasteiger partial charge in [0.1, 0.15) is 23.7 Å². The predicted octanol–water partition coefficient (Wildman–Crippen LogP) is 9.66. The highest BCUT2D eigenvalue weighted by molar-refractivity contribution is 5.93. The molecule has 4 aromatic carbocycles. The lowest BCUT2D eigenvalue weighted by Crippen LogP contribution is -2.64. The summed E-state index contributed by atoms with van der Waals surface area (Å²) in [7, 11) is 2.63. The Bertz CT molecular complexity index is 3100. The van der Waals surface area contributed by atoms with Crippen LogP contribution in [-0.2, 0) is 19.1 Å². The second kappa shape index (κ2) is 18.3. The molecule has 2 aromatic heterocycles. The first-order valence-electron chi connectivity index (χ1n) is 26.7. The molecule has 0 spiro atoms. The predicted molar refractivity (Wildman–Crippen MR) is 282 cm³/mol. The lowest BCUT2D eigenvalue weighted by molar-refractivity contribution is -0.150. The number of aromatic amines is 2. The van der Waals surface area contributed by atoms with Crippen molar-refractivity contribution in [2.75, 3.05) is 20.8 Å². The zero-order chi connectivity index (χ0) is 50.5. The summed E-state index contributed by atoms with van der Waals surface area (Å²) in [5.41, 5.74) is 12.0. The number of nitrogens with zero attached hydrogens (tertiary/aromatic N) is 4. The monoisotopic (exact) mass is 994 g/mol. The number of carbonyl (C=O) groups excluding carboxylic acids is 4. The highest BCUT2D eigenvalue weighted by Crippen LogP contribution is 2.55. The van der Waals surface area contributed by atoms with Crippen molar-refractivity contribution in [2.45, 2.75) is 101 Å². The topological polar surface area (TPSA) is 195 Å². The molecule has 0 radical (unpaired) electrons. The van der Waals surface area contributed by atoms with Crippen LogP contribution in [0.4, 0.5) is 9.59 Å². The summed E-state index contributed by atoms with van der Waals surface area (Å²) in [5.74, 6) is 2.07. The van der Waals surface area contributed by atoms with Crippen LogP contribution in [0.5, 0.6) is 0 Å². The minimum Gasteiger partial charge on any atom is -0.453 e. The van der Waals surface area contributed by atoms with Crippen LogP contribution in [0.1, 0.15) is 111 Å². The molecule has 6 fully saturated rings. The number of amides is 4. The van der Waals surface area contributed by atoms with Gasteiger partial charge in [0.05, 0.1) is 48.4 Å². The van der Waals surface area contributed by atoms with E-state index in [0.29, 0.717) is 17.8 Å². The number of imidazole rings is 2. The number of fused-ring (bicyclic) bond motifs is 2. The molecule has 15 heteroatoms. The van der Waals surface area contributed by atoms with Crippen LogP contribution in [-0.4, -0.2) is 104 Å². The number of hydrogen-bond donors (Lipinski definition) is 5. The lowest BCUT2D eigenvalue weighted by atomic mass is 9.66. The van der Waals surface area contributed by atoms with E-state index in [1.807, 2.05) is 11.0 Å². The number of carbonyl (C=O) groups is 4. The Morgan fingerprint density at radius 1 is 0.635 bits per heavy atom. The van der Waals surface area contributed by atoms with E-state index in [-0.39, 0.29) is 60.3 Å². The third kappa shape index (κ3) is 7.54. The minimum absolute atomic E-state index is 0.0162. The summed E-state index contributed by atoms with van der Waals surface area (Å²) in [6, 6.07) is 23.9. The number of methoxy groups -OCH3 is 2. The van der Waals surface area contributed by atoms with Gasteiger partial charge in [0.15, 0.2) is 0 Å². The summed E-state index contributed by atoms with van der Waals surface area (Å²) in [6.07, 6.45) is 16.0. The second-order valence-corrected chi connectivity index (χ2v) is 21.9. The van der Waals surface area contributed by atoms with Crippen LogP contribution in [0.3, 0.4) is 0 Å². The second-order valence-electron chi connectivity index (χ2n) is 21.9. The number of ether oxygens (including phenoxy) is 2. The molecule has 6 aliphatic carbocycles. The van der Waals surface area contributed by atoms with E-state index >= 15 is 0 Å². The van der Waals surface area contributed by atoms with Gasteiger partial charge >= 0.3 is 12.2 Å². The van der Waals surface area contributed by atoms with Gasteiger partial charge in [-0.2, -0.15) is 0 Å². The molecule has 380 valence electrons. The largest absolute Gasteiger partial charge is 0.453 e. The van der Waals surface area contributed by atoms with Gasteiger partial charge in [0, 0.05) is 24.6 Å². The minimum atomic E-state index is -0.870. The first-order valence-corrected chi connectivity index (χ1v) is 26.7. The molecular formula is C59H62N8O7. The zero-order valence-corrected chi connectivity index (χ0v) is 41.9. The number of rotatable bonds is 8. The van der Waals surface area contributed by atoms with Gasteiger partial charge in [-0.05, 0) is 149 Å². The van der Waals surface area contributed by atoms with Crippen LogP contribution < -0.4 is 10.6 Å². The average Bonchev–Trinajstić information content (AvgIpc) is 4.25. The maximum atomic E-state index is 14.4. The Kier molecular flexibility index (Phi) is 11.5. The van der Waals surface area contributed by atoms with Crippen LogP contribution in [0.15, 0.2) is 72.8 Å². The molecule has 5 N–H and O–H groups in total. The van der Waals surface area contributed by atoms with E-state index in [9.17, 15) is 24.3 Å². The number of aromatic nitrogens is 4. The van der Waals surface area contributed by atoms with Crippen LogP contribution >= 0.6 is 0 Å². The van der Waals surface area contributed by atoms with E-state index < -0.39 is 24.3 Å². The normalized spacial score (nSPS) is 29.6. The first-order chi connectivity index (χ1) is 36.1. The van der Waals surface area contributed by atoms with Gasteiger partial charge in [-0.3, -0.25) is 9.59 Å². The molecule has 2 unspecified atom stereocenters. The number of H-pyrrole nitrogens is 2. The van der Waals surface area contributed by atoms with Gasteiger partial charge in [0.2, 0.25) is 11.8 Å². The van der Waals surface area contributed by atoms with E-state index in [2.05, 4.69) is 123 Å². The lowest BCUT2D eigenvalue weighted by Gasteiger charge is -2.50. The Balaban J connectivity index is 0.781. The van der Waals surface area contributed by atoms with Crippen molar-refractivity contribution in [1.82, 2.24) is 40.4 Å². The number of alkyl carbamates (subject to hydrolysis) is 2. The average molecular weight is 995 g/mol. The van der Waals surface area contributed by atoms with Gasteiger partial charge in [0.25, 0.3) is 0 Å². The molecule has 4 bridgehead atoms. The molecule has 74 heavy (non-hydrogen) atoms. The number of nitrogens with one attached hydrogen (secondary N) is 4. The van der Waals surface area contributed by atoms with Crippen LogP contribution in [0.2, 0.25) is 0 Å². The number of aliphatic hydroxyl groups is 1. The quantitative estimate of drug-likeness (QED) is 0.0985. The molecule has 6 heterocycles. The van der Waals surface area contributed by atoms with Crippen LogP contribution in [0.25, 0.3) is 68.6 Å². The number of benzene rings is 4. The van der Waals surface area contributed by atoms with Crippen molar-refractivity contribution in [3.05, 3.63) is 107 Å². The molecule has 15 nitrogen and oxygen atoms in total. The Labute approximate surface area is 429 Å². The molecule has 4 saturated heterocycles. The maximum absolute atomic E-state index is 14.4. The first kappa shape index (κ1) is 46.5. The Hall–Kier alpha value is -7.26. The molecule has 4 aliphatic heterocycles. The summed E-state index contributed by atoms with van der Waals surface area (Å²) < 4.78 is 9.89. The van der Waals surface area contributed by atoms with E-state index in [1.165, 1.54) is 14.2 Å². The van der Waals surface area contributed by atoms with E-state index in [4.69, 9.17) is 19.4 Å². The molecule has 6 aromatic rings. The smallest absolute Gasteiger partial charge is 0.407 e. The third-order valence-electron chi connectivity index (χ3n) is 18.4. The van der Waals surface area contributed by atoms with Crippen molar-refractivity contribution in [3.8, 4) is 22.3 Å². The fourth-order valence-electron chi connectivity index (χ4n) is 15.1. The van der Waals surface area contributed by atoms with Crippen molar-refractivity contribution < 1.29 is 33.8 Å². The van der Waals surface area contributed by atoms with E-state index in [1.54, 1.807) is 0 Å². The number of piperidine rings is 2. The van der Waals surface area contributed by atoms with Gasteiger partial charge in [-0.1, -0.05) is 86.9 Å². The van der Waals surface area contributed by atoms with Gasteiger partial charge in [-0.15, -0.1) is 0 Å². The maximum Gasteiger partial charge on any atom is 0.407 e. The van der Waals surface area contributed by atoms with Crippen molar-refractivity contribution in [3.63, 3.8) is 0 Å². The third-order valence-corrected chi connectivity index (χ3v) is 18.4. The highest BCUT2D eigenvalue weighted by Gasteiger charge is 2.60. The fourth-order valence-corrected chi connectivity index (χ4v) is 15.1. The van der Waals surface area contributed by atoms with Crippen molar-refractivity contribution in [2.24, 2.45) is 35.5 Å². The van der Waals surface area contributed by atoms with Gasteiger partial charge < -0.3 is 45.0 Å². The summed E-state index contributed by atoms with van der Waals surface area (Å²) >= 11 is 0.